The molecule has 8 heteroatoms. The molecular weight excluding hydrogens is 302 g/mol. The van der Waals surface area contributed by atoms with Gasteiger partial charge in [0.1, 0.15) is 6.04 Å². The van der Waals surface area contributed by atoms with E-state index in [1.807, 2.05) is 13.8 Å². The van der Waals surface area contributed by atoms with Gasteiger partial charge in [-0.15, -0.1) is 0 Å². The highest BCUT2D eigenvalue weighted by Gasteiger charge is 2.27. The SMILES string of the molecule is CC[C@@H](C)[C@@H](NC(=O)COC(=O)c1cnc(C)cn1)C(=O)OC. The molecule has 0 aliphatic rings. The maximum Gasteiger partial charge on any atom is 0.359 e. The van der Waals surface area contributed by atoms with Gasteiger partial charge in [0, 0.05) is 6.20 Å². The largest absolute Gasteiger partial charge is 0.467 e. The van der Waals surface area contributed by atoms with Gasteiger partial charge in [-0.05, 0) is 12.8 Å². The van der Waals surface area contributed by atoms with Crippen LogP contribution in [0.3, 0.4) is 0 Å². The van der Waals surface area contributed by atoms with E-state index in [4.69, 9.17) is 4.74 Å². The summed E-state index contributed by atoms with van der Waals surface area (Å²) >= 11 is 0. The number of carbonyl (C=O) groups is 3. The smallest absolute Gasteiger partial charge is 0.359 e. The number of hydrogen-bond acceptors (Lipinski definition) is 7. The second kappa shape index (κ2) is 8.82. The molecule has 0 aromatic carbocycles. The van der Waals surface area contributed by atoms with Crippen LogP contribution in [0.15, 0.2) is 12.4 Å². The fourth-order valence-corrected chi connectivity index (χ4v) is 1.71. The van der Waals surface area contributed by atoms with Crippen LogP contribution < -0.4 is 5.32 Å². The predicted molar refractivity (Wildman–Crippen MR) is 80.5 cm³/mol. The number of aromatic nitrogens is 2. The monoisotopic (exact) mass is 323 g/mol. The molecule has 1 heterocycles. The number of methoxy groups -OCH3 is 1. The van der Waals surface area contributed by atoms with E-state index in [9.17, 15) is 14.4 Å². The Morgan fingerprint density at radius 1 is 1.26 bits per heavy atom. The van der Waals surface area contributed by atoms with Gasteiger partial charge in [0.25, 0.3) is 5.91 Å². The van der Waals surface area contributed by atoms with E-state index in [2.05, 4.69) is 20.0 Å². The summed E-state index contributed by atoms with van der Waals surface area (Å²) < 4.78 is 9.51. The van der Waals surface area contributed by atoms with Gasteiger partial charge >= 0.3 is 11.9 Å². The van der Waals surface area contributed by atoms with Gasteiger partial charge in [-0.3, -0.25) is 9.78 Å². The molecule has 1 N–H and O–H groups in total. The summed E-state index contributed by atoms with van der Waals surface area (Å²) in [5, 5.41) is 2.51. The van der Waals surface area contributed by atoms with E-state index >= 15 is 0 Å². The summed E-state index contributed by atoms with van der Waals surface area (Å²) in [5.74, 6) is -1.99. The summed E-state index contributed by atoms with van der Waals surface area (Å²) in [7, 11) is 1.25. The van der Waals surface area contributed by atoms with Gasteiger partial charge in [0.15, 0.2) is 12.3 Å². The van der Waals surface area contributed by atoms with Gasteiger partial charge in [0.05, 0.1) is 19.0 Å². The quantitative estimate of drug-likeness (QED) is 0.734. The molecule has 0 saturated heterocycles. The van der Waals surface area contributed by atoms with Crippen molar-refractivity contribution >= 4 is 17.8 Å². The third kappa shape index (κ3) is 5.65. The van der Waals surface area contributed by atoms with Gasteiger partial charge in [0.2, 0.25) is 0 Å². The van der Waals surface area contributed by atoms with Crippen LogP contribution in [0.5, 0.6) is 0 Å². The number of rotatable bonds is 7. The summed E-state index contributed by atoms with van der Waals surface area (Å²) in [4.78, 5) is 43.0. The summed E-state index contributed by atoms with van der Waals surface area (Å²) in [6.45, 7) is 4.92. The summed E-state index contributed by atoms with van der Waals surface area (Å²) in [5.41, 5.74) is 0.670. The maximum absolute atomic E-state index is 11.9. The summed E-state index contributed by atoms with van der Waals surface area (Å²) in [6.07, 6.45) is 3.37. The number of ether oxygens (including phenoxy) is 2. The van der Waals surface area contributed by atoms with E-state index in [0.717, 1.165) is 0 Å². The Morgan fingerprint density at radius 3 is 2.48 bits per heavy atom. The highest BCUT2D eigenvalue weighted by Crippen LogP contribution is 2.09. The lowest BCUT2D eigenvalue weighted by atomic mass is 9.99. The summed E-state index contributed by atoms with van der Waals surface area (Å²) in [6, 6.07) is -0.782. The first-order valence-corrected chi connectivity index (χ1v) is 7.22. The third-order valence-electron chi connectivity index (χ3n) is 3.31. The minimum atomic E-state index is -0.782. The zero-order chi connectivity index (χ0) is 17.4. The molecule has 0 spiro atoms. The second-order valence-electron chi connectivity index (χ2n) is 5.07. The Bertz CT molecular complexity index is 559. The first-order chi connectivity index (χ1) is 10.9. The maximum atomic E-state index is 11.9. The predicted octanol–water partition coefficient (Wildman–Crippen LogP) is 0.646. The molecular formula is C15H21N3O5. The third-order valence-corrected chi connectivity index (χ3v) is 3.31. The van der Waals surface area contributed by atoms with Crippen LogP contribution in [-0.2, 0) is 19.1 Å². The van der Waals surface area contributed by atoms with Crippen molar-refractivity contribution < 1.29 is 23.9 Å². The zero-order valence-corrected chi connectivity index (χ0v) is 13.7. The molecule has 0 radical (unpaired) electrons. The van der Waals surface area contributed by atoms with Crippen molar-refractivity contribution in [3.8, 4) is 0 Å². The van der Waals surface area contributed by atoms with Gasteiger partial charge in [-0.1, -0.05) is 20.3 Å². The molecule has 0 fully saturated rings. The zero-order valence-electron chi connectivity index (χ0n) is 13.7. The van der Waals surface area contributed by atoms with Gasteiger partial charge < -0.3 is 14.8 Å². The minimum Gasteiger partial charge on any atom is -0.467 e. The van der Waals surface area contributed by atoms with Crippen molar-refractivity contribution in [2.24, 2.45) is 5.92 Å². The Kier molecular flexibility index (Phi) is 7.11. The molecule has 23 heavy (non-hydrogen) atoms. The highest BCUT2D eigenvalue weighted by molar-refractivity contribution is 5.90. The minimum absolute atomic E-state index is 0.00911. The van der Waals surface area contributed by atoms with E-state index in [-0.39, 0.29) is 11.6 Å². The molecule has 1 aromatic heterocycles. The number of nitrogens with one attached hydrogen (secondary N) is 1. The molecule has 0 aliphatic carbocycles. The average Bonchev–Trinajstić information content (AvgIpc) is 2.56. The standard InChI is InChI=1S/C15H21N3O5/c1-5-9(2)13(15(21)22-4)18-12(19)8-23-14(20)11-7-16-10(3)6-17-11/h6-7,9,13H,5,8H2,1-4H3,(H,18,19)/t9-,13-/m1/s1. The van der Waals surface area contributed by atoms with E-state index in [1.165, 1.54) is 19.5 Å². The molecule has 0 unspecified atom stereocenters. The molecule has 0 aliphatic heterocycles. The molecule has 126 valence electrons. The van der Waals surface area contributed by atoms with Crippen molar-refractivity contribution in [3.05, 3.63) is 23.8 Å². The lowest BCUT2D eigenvalue weighted by molar-refractivity contribution is -0.147. The Labute approximate surface area is 134 Å². The average molecular weight is 323 g/mol. The van der Waals surface area contributed by atoms with Gasteiger partial charge in [-0.25, -0.2) is 14.6 Å². The highest BCUT2D eigenvalue weighted by atomic mass is 16.5. The van der Waals surface area contributed by atoms with Crippen molar-refractivity contribution in [2.75, 3.05) is 13.7 Å². The van der Waals surface area contributed by atoms with Crippen LogP contribution in [-0.4, -0.2) is 47.6 Å². The molecule has 2 atom stereocenters. The van der Waals surface area contributed by atoms with Crippen LogP contribution in [0, 0.1) is 12.8 Å². The second-order valence-corrected chi connectivity index (χ2v) is 5.07. The van der Waals surface area contributed by atoms with Crippen LogP contribution in [0.1, 0.15) is 36.5 Å². The van der Waals surface area contributed by atoms with E-state index in [1.54, 1.807) is 6.92 Å². The molecule has 8 nitrogen and oxygen atoms in total. The van der Waals surface area contributed by atoms with Crippen LogP contribution in [0.25, 0.3) is 0 Å². The Hall–Kier alpha value is -2.51. The fraction of sp³-hybridized carbons (Fsp3) is 0.533. The van der Waals surface area contributed by atoms with Crippen molar-refractivity contribution in [1.29, 1.82) is 0 Å². The lowest BCUT2D eigenvalue weighted by Crippen LogP contribution is -2.47. The molecule has 0 saturated carbocycles. The first kappa shape index (κ1) is 18.5. The van der Waals surface area contributed by atoms with Crippen LogP contribution in [0.4, 0.5) is 0 Å². The van der Waals surface area contributed by atoms with E-state index in [0.29, 0.717) is 12.1 Å². The van der Waals surface area contributed by atoms with Crippen molar-refractivity contribution in [2.45, 2.75) is 33.2 Å². The molecule has 0 bridgehead atoms. The Morgan fingerprint density at radius 2 is 1.96 bits per heavy atom. The number of aryl methyl sites for hydroxylation is 1. The fourth-order valence-electron chi connectivity index (χ4n) is 1.71. The normalized spacial score (nSPS) is 12.9. The van der Waals surface area contributed by atoms with Crippen molar-refractivity contribution in [3.63, 3.8) is 0 Å². The van der Waals surface area contributed by atoms with Crippen LogP contribution >= 0.6 is 0 Å². The number of nitrogens with zero attached hydrogens (tertiary/aromatic N) is 2. The Balaban J connectivity index is 2.56. The van der Waals surface area contributed by atoms with Gasteiger partial charge in [-0.2, -0.15) is 0 Å². The van der Waals surface area contributed by atoms with Crippen molar-refractivity contribution in [1.82, 2.24) is 15.3 Å². The molecule has 1 amide bonds. The van der Waals surface area contributed by atoms with E-state index < -0.39 is 30.5 Å². The lowest BCUT2D eigenvalue weighted by Gasteiger charge is -2.21. The molecule has 1 aromatic rings. The number of amides is 1. The topological polar surface area (TPSA) is 107 Å². The number of hydrogen-bond donors (Lipinski definition) is 1. The molecule has 1 rings (SSSR count). The first-order valence-electron chi connectivity index (χ1n) is 7.22. The number of carbonyl (C=O) groups excluding carboxylic acids is 3. The van der Waals surface area contributed by atoms with Crippen LogP contribution in [0.2, 0.25) is 0 Å². The number of esters is 2.